The van der Waals surface area contributed by atoms with Gasteiger partial charge in [-0.25, -0.2) is 0 Å². The van der Waals surface area contributed by atoms with Gasteiger partial charge in [-0.15, -0.1) is 0 Å². The lowest BCUT2D eigenvalue weighted by Crippen LogP contribution is -2.19. The lowest BCUT2D eigenvalue weighted by Gasteiger charge is -2.18. The molecule has 2 nitrogen and oxygen atoms in total. The number of para-hydroxylation sites is 1. The van der Waals surface area contributed by atoms with Crippen LogP contribution >= 0.6 is 11.6 Å². The number of methoxy groups -OCH3 is 1. The first-order valence-corrected chi connectivity index (χ1v) is 6.67. The zero-order chi connectivity index (χ0) is 13.7. The molecule has 1 atom stereocenters. The standard InChI is InChI=1S/C16H18ClNO/c1-18-15(12-7-5-8-14(17)10-12)11-13-6-3-4-9-16(13)19-2/h3-10,15,18H,11H2,1-2H3. The van der Waals surface area contributed by atoms with E-state index in [1.165, 1.54) is 11.1 Å². The summed E-state index contributed by atoms with van der Waals surface area (Å²) in [6.45, 7) is 0. The Balaban J connectivity index is 2.24. The summed E-state index contributed by atoms with van der Waals surface area (Å²) in [6.07, 6.45) is 0.862. The van der Waals surface area contributed by atoms with Gasteiger partial charge in [0.1, 0.15) is 5.75 Å². The van der Waals surface area contributed by atoms with Crippen molar-refractivity contribution in [3.05, 3.63) is 64.7 Å². The minimum atomic E-state index is 0.218. The summed E-state index contributed by atoms with van der Waals surface area (Å²) < 4.78 is 5.40. The Kier molecular flexibility index (Phi) is 4.83. The van der Waals surface area contributed by atoms with Crippen LogP contribution in [0.25, 0.3) is 0 Å². The number of hydrogen-bond acceptors (Lipinski definition) is 2. The zero-order valence-corrected chi connectivity index (χ0v) is 11.9. The molecule has 3 heteroatoms. The molecule has 0 spiro atoms. The van der Waals surface area contributed by atoms with Crippen molar-refractivity contribution in [2.45, 2.75) is 12.5 Å². The Bertz CT molecular complexity index is 542. The maximum absolute atomic E-state index is 6.05. The zero-order valence-electron chi connectivity index (χ0n) is 11.2. The number of nitrogens with one attached hydrogen (secondary N) is 1. The van der Waals surface area contributed by atoms with Gasteiger partial charge in [-0.2, -0.15) is 0 Å². The second-order valence-corrected chi connectivity index (χ2v) is 4.85. The molecule has 0 aliphatic carbocycles. The molecular formula is C16H18ClNO. The predicted octanol–water partition coefficient (Wildman–Crippen LogP) is 3.85. The van der Waals surface area contributed by atoms with Crippen molar-refractivity contribution in [3.8, 4) is 5.75 Å². The van der Waals surface area contributed by atoms with E-state index in [4.69, 9.17) is 16.3 Å². The van der Waals surface area contributed by atoms with Gasteiger partial charge in [-0.3, -0.25) is 0 Å². The molecule has 2 aromatic carbocycles. The van der Waals surface area contributed by atoms with E-state index in [1.54, 1.807) is 7.11 Å². The van der Waals surface area contributed by atoms with Crippen LogP contribution in [-0.2, 0) is 6.42 Å². The molecule has 0 bridgehead atoms. The Morgan fingerprint density at radius 1 is 1.16 bits per heavy atom. The first-order chi connectivity index (χ1) is 9.24. The van der Waals surface area contributed by atoms with Gasteiger partial charge in [0, 0.05) is 11.1 Å². The molecule has 0 fully saturated rings. The summed E-state index contributed by atoms with van der Waals surface area (Å²) in [4.78, 5) is 0. The molecule has 2 rings (SSSR count). The number of benzene rings is 2. The predicted molar refractivity (Wildman–Crippen MR) is 80.0 cm³/mol. The molecule has 0 amide bonds. The van der Waals surface area contributed by atoms with E-state index in [0.717, 1.165) is 17.2 Å². The lowest BCUT2D eigenvalue weighted by atomic mass is 9.98. The highest BCUT2D eigenvalue weighted by atomic mass is 35.5. The number of halogens is 1. The third-order valence-corrected chi connectivity index (χ3v) is 3.45. The molecule has 0 heterocycles. The van der Waals surface area contributed by atoms with Crippen LogP contribution in [0.1, 0.15) is 17.2 Å². The lowest BCUT2D eigenvalue weighted by molar-refractivity contribution is 0.406. The largest absolute Gasteiger partial charge is 0.496 e. The van der Waals surface area contributed by atoms with Crippen molar-refractivity contribution >= 4 is 11.6 Å². The van der Waals surface area contributed by atoms with Gasteiger partial charge in [-0.1, -0.05) is 41.9 Å². The molecule has 0 aromatic heterocycles. The van der Waals surface area contributed by atoms with Crippen molar-refractivity contribution < 1.29 is 4.74 Å². The number of ether oxygens (including phenoxy) is 1. The SMILES string of the molecule is CNC(Cc1ccccc1OC)c1cccc(Cl)c1. The van der Waals surface area contributed by atoms with Crippen molar-refractivity contribution in [1.82, 2.24) is 5.32 Å². The average molecular weight is 276 g/mol. The van der Waals surface area contributed by atoms with Crippen LogP contribution in [0.3, 0.4) is 0 Å². The fraction of sp³-hybridized carbons (Fsp3) is 0.250. The van der Waals surface area contributed by atoms with E-state index in [1.807, 2.05) is 43.4 Å². The van der Waals surface area contributed by atoms with Gasteiger partial charge in [0.25, 0.3) is 0 Å². The maximum Gasteiger partial charge on any atom is 0.122 e. The summed E-state index contributed by atoms with van der Waals surface area (Å²) in [5, 5.41) is 4.09. The molecule has 0 radical (unpaired) electrons. The molecule has 100 valence electrons. The van der Waals surface area contributed by atoms with Gasteiger partial charge in [0.2, 0.25) is 0 Å². The van der Waals surface area contributed by atoms with Gasteiger partial charge >= 0.3 is 0 Å². The molecule has 2 aromatic rings. The van der Waals surface area contributed by atoms with Crippen molar-refractivity contribution in [1.29, 1.82) is 0 Å². The first-order valence-electron chi connectivity index (χ1n) is 6.29. The summed E-state index contributed by atoms with van der Waals surface area (Å²) in [5.74, 6) is 0.921. The van der Waals surface area contributed by atoms with E-state index >= 15 is 0 Å². The van der Waals surface area contributed by atoms with Crippen LogP contribution in [0.4, 0.5) is 0 Å². The third-order valence-electron chi connectivity index (χ3n) is 3.22. The van der Waals surface area contributed by atoms with Gasteiger partial charge in [0.05, 0.1) is 7.11 Å². The van der Waals surface area contributed by atoms with Crippen LogP contribution in [0, 0.1) is 0 Å². The van der Waals surface area contributed by atoms with E-state index in [2.05, 4.69) is 17.4 Å². The van der Waals surface area contributed by atoms with Crippen molar-refractivity contribution in [2.24, 2.45) is 0 Å². The van der Waals surface area contributed by atoms with Crippen LogP contribution < -0.4 is 10.1 Å². The smallest absolute Gasteiger partial charge is 0.122 e. The number of rotatable bonds is 5. The van der Waals surface area contributed by atoms with Gasteiger partial charge < -0.3 is 10.1 Å². The molecule has 0 aliphatic heterocycles. The van der Waals surface area contributed by atoms with Crippen molar-refractivity contribution in [2.75, 3.05) is 14.2 Å². The van der Waals surface area contributed by atoms with Crippen LogP contribution in [-0.4, -0.2) is 14.2 Å². The maximum atomic E-state index is 6.05. The summed E-state index contributed by atoms with van der Waals surface area (Å²) >= 11 is 6.05. The van der Waals surface area contributed by atoms with Gasteiger partial charge in [0.15, 0.2) is 0 Å². The Hall–Kier alpha value is -1.51. The monoisotopic (exact) mass is 275 g/mol. The molecular weight excluding hydrogens is 258 g/mol. The van der Waals surface area contributed by atoms with E-state index in [-0.39, 0.29) is 6.04 Å². The van der Waals surface area contributed by atoms with Crippen LogP contribution in [0.5, 0.6) is 5.75 Å². The van der Waals surface area contributed by atoms with E-state index in [0.29, 0.717) is 0 Å². The highest BCUT2D eigenvalue weighted by Gasteiger charge is 2.13. The minimum absolute atomic E-state index is 0.218. The summed E-state index contributed by atoms with van der Waals surface area (Å²) in [7, 11) is 3.66. The molecule has 19 heavy (non-hydrogen) atoms. The van der Waals surface area contributed by atoms with E-state index in [9.17, 15) is 0 Å². The number of likely N-dealkylation sites (N-methyl/N-ethyl adjacent to an activating group) is 1. The molecule has 1 unspecified atom stereocenters. The molecule has 0 saturated heterocycles. The highest BCUT2D eigenvalue weighted by Crippen LogP contribution is 2.25. The Labute approximate surface area is 119 Å². The normalized spacial score (nSPS) is 12.2. The second kappa shape index (κ2) is 6.60. The fourth-order valence-electron chi connectivity index (χ4n) is 2.20. The third kappa shape index (κ3) is 3.49. The fourth-order valence-corrected chi connectivity index (χ4v) is 2.40. The van der Waals surface area contributed by atoms with Gasteiger partial charge in [-0.05, 0) is 42.8 Å². The molecule has 0 aliphatic rings. The molecule has 1 N–H and O–H groups in total. The average Bonchev–Trinajstić information content (AvgIpc) is 2.45. The minimum Gasteiger partial charge on any atom is -0.496 e. The van der Waals surface area contributed by atoms with E-state index < -0.39 is 0 Å². The molecule has 0 saturated carbocycles. The van der Waals surface area contributed by atoms with Crippen LogP contribution in [0.15, 0.2) is 48.5 Å². The summed E-state index contributed by atoms with van der Waals surface area (Å²) in [6, 6.07) is 16.3. The first kappa shape index (κ1) is 13.9. The Morgan fingerprint density at radius 3 is 2.63 bits per heavy atom. The summed E-state index contributed by atoms with van der Waals surface area (Å²) in [5.41, 5.74) is 2.37. The second-order valence-electron chi connectivity index (χ2n) is 4.41. The van der Waals surface area contributed by atoms with Crippen LogP contribution in [0.2, 0.25) is 5.02 Å². The Morgan fingerprint density at radius 2 is 1.95 bits per heavy atom. The number of hydrogen-bond donors (Lipinski definition) is 1. The highest BCUT2D eigenvalue weighted by molar-refractivity contribution is 6.30. The topological polar surface area (TPSA) is 21.3 Å². The quantitative estimate of drug-likeness (QED) is 0.895. The van der Waals surface area contributed by atoms with Crippen molar-refractivity contribution in [3.63, 3.8) is 0 Å².